The van der Waals surface area contributed by atoms with Gasteiger partial charge in [-0.05, 0) is 36.4 Å². The Balaban J connectivity index is 1.87. The fraction of sp³-hybridized carbons (Fsp3) is 0. The molecule has 3 aromatic carbocycles. The van der Waals surface area contributed by atoms with Gasteiger partial charge in [0.25, 0.3) is 11.6 Å². The van der Waals surface area contributed by atoms with E-state index in [0.717, 1.165) is 0 Å². The largest absolute Gasteiger partial charge is 0.508 e. The Morgan fingerprint density at radius 1 is 0.962 bits per heavy atom. The van der Waals surface area contributed by atoms with Gasteiger partial charge in [0.2, 0.25) is 0 Å². The molecule has 0 bridgehead atoms. The average Bonchev–Trinajstić information content (AvgIpc) is 2.63. The first-order chi connectivity index (χ1) is 12.5. The minimum atomic E-state index is -0.561. The number of rotatable bonds is 5. The fourth-order valence-corrected chi connectivity index (χ4v) is 2.26. The Labute approximate surface area is 148 Å². The Morgan fingerprint density at radius 3 is 2.31 bits per heavy atom. The summed E-state index contributed by atoms with van der Waals surface area (Å²) in [6.07, 6.45) is 0. The van der Waals surface area contributed by atoms with Crippen molar-refractivity contribution >= 4 is 17.3 Å². The predicted octanol–water partition coefficient (Wildman–Crippen LogP) is 4.35. The van der Waals surface area contributed by atoms with Crippen LogP contribution in [0.1, 0.15) is 10.4 Å². The van der Waals surface area contributed by atoms with Crippen LogP contribution in [0.4, 0.5) is 11.4 Å². The maximum absolute atomic E-state index is 12.3. The number of ether oxygens (including phenoxy) is 1. The molecule has 7 heteroatoms. The van der Waals surface area contributed by atoms with Crippen LogP contribution in [0.5, 0.6) is 17.2 Å². The standard InChI is InChI=1S/C19H14N2O5/c22-16-8-6-13(7-9-16)19(23)20-14-10-15(21(24)25)12-18(11-14)26-17-4-2-1-3-5-17/h1-12,22H,(H,20,23). The summed E-state index contributed by atoms with van der Waals surface area (Å²) in [5.41, 5.74) is 0.322. The smallest absolute Gasteiger partial charge is 0.275 e. The van der Waals surface area contributed by atoms with Gasteiger partial charge in [-0.2, -0.15) is 0 Å². The summed E-state index contributed by atoms with van der Waals surface area (Å²) in [7, 11) is 0. The molecule has 0 atom stereocenters. The number of nitrogens with one attached hydrogen (secondary N) is 1. The number of anilines is 1. The summed E-state index contributed by atoms with van der Waals surface area (Å²) in [4.78, 5) is 22.9. The summed E-state index contributed by atoms with van der Waals surface area (Å²) in [6, 6.07) is 18.5. The van der Waals surface area contributed by atoms with Crippen LogP contribution in [0.2, 0.25) is 0 Å². The lowest BCUT2D eigenvalue weighted by molar-refractivity contribution is -0.384. The molecule has 0 aliphatic heterocycles. The van der Waals surface area contributed by atoms with E-state index in [-0.39, 0.29) is 22.9 Å². The number of para-hydroxylation sites is 1. The number of carbonyl (C=O) groups excluding carboxylic acids is 1. The second kappa shape index (κ2) is 7.35. The maximum atomic E-state index is 12.3. The number of hydrogen-bond donors (Lipinski definition) is 2. The molecular weight excluding hydrogens is 336 g/mol. The van der Waals surface area contributed by atoms with Crippen molar-refractivity contribution in [2.24, 2.45) is 0 Å². The number of non-ortho nitro benzene ring substituents is 1. The van der Waals surface area contributed by atoms with Gasteiger partial charge < -0.3 is 15.2 Å². The highest BCUT2D eigenvalue weighted by molar-refractivity contribution is 6.04. The molecule has 0 aromatic heterocycles. The molecule has 0 radical (unpaired) electrons. The van der Waals surface area contributed by atoms with E-state index in [0.29, 0.717) is 11.3 Å². The Bertz CT molecular complexity index is 940. The van der Waals surface area contributed by atoms with Gasteiger partial charge in [0.05, 0.1) is 16.7 Å². The van der Waals surface area contributed by atoms with E-state index in [9.17, 15) is 20.0 Å². The molecule has 1 amide bonds. The second-order valence-electron chi connectivity index (χ2n) is 5.39. The van der Waals surface area contributed by atoms with Crippen LogP contribution in [-0.4, -0.2) is 15.9 Å². The fourth-order valence-electron chi connectivity index (χ4n) is 2.26. The van der Waals surface area contributed by atoms with Gasteiger partial charge in [0.1, 0.15) is 17.2 Å². The third-order valence-corrected chi connectivity index (χ3v) is 3.47. The van der Waals surface area contributed by atoms with Gasteiger partial charge in [-0.1, -0.05) is 18.2 Å². The highest BCUT2D eigenvalue weighted by Gasteiger charge is 2.14. The Hall–Kier alpha value is -3.87. The van der Waals surface area contributed by atoms with Crippen molar-refractivity contribution < 1.29 is 19.6 Å². The van der Waals surface area contributed by atoms with Crippen LogP contribution in [0.25, 0.3) is 0 Å². The molecule has 26 heavy (non-hydrogen) atoms. The molecule has 0 unspecified atom stereocenters. The predicted molar refractivity (Wildman–Crippen MR) is 95.7 cm³/mol. The van der Waals surface area contributed by atoms with Crippen molar-refractivity contribution in [1.29, 1.82) is 0 Å². The minimum absolute atomic E-state index is 0.0375. The quantitative estimate of drug-likeness (QED) is 0.526. The van der Waals surface area contributed by atoms with E-state index in [4.69, 9.17) is 4.74 Å². The maximum Gasteiger partial charge on any atom is 0.275 e. The lowest BCUT2D eigenvalue weighted by atomic mass is 10.2. The number of aromatic hydroxyl groups is 1. The van der Waals surface area contributed by atoms with Gasteiger partial charge >= 0.3 is 0 Å². The van der Waals surface area contributed by atoms with Crippen molar-refractivity contribution in [3.8, 4) is 17.2 Å². The van der Waals surface area contributed by atoms with E-state index in [1.165, 1.54) is 42.5 Å². The van der Waals surface area contributed by atoms with E-state index >= 15 is 0 Å². The van der Waals surface area contributed by atoms with Crippen molar-refractivity contribution in [1.82, 2.24) is 0 Å². The number of carbonyl (C=O) groups is 1. The highest BCUT2D eigenvalue weighted by Crippen LogP contribution is 2.30. The number of amides is 1. The summed E-state index contributed by atoms with van der Waals surface area (Å²) >= 11 is 0. The van der Waals surface area contributed by atoms with Gasteiger partial charge in [0.15, 0.2) is 0 Å². The van der Waals surface area contributed by atoms with Crippen molar-refractivity contribution in [3.05, 3.63) is 88.5 Å². The summed E-state index contributed by atoms with van der Waals surface area (Å²) in [6.45, 7) is 0. The molecule has 0 saturated carbocycles. The van der Waals surface area contributed by atoms with Crippen LogP contribution >= 0.6 is 0 Å². The molecule has 130 valence electrons. The molecule has 3 rings (SSSR count). The Kier molecular flexibility index (Phi) is 4.80. The molecule has 7 nitrogen and oxygen atoms in total. The third kappa shape index (κ3) is 4.15. The van der Waals surface area contributed by atoms with Crippen molar-refractivity contribution in [2.45, 2.75) is 0 Å². The number of phenolic OH excluding ortho intramolecular Hbond substituents is 1. The second-order valence-corrected chi connectivity index (χ2v) is 5.39. The van der Waals surface area contributed by atoms with Crippen LogP contribution in [0, 0.1) is 10.1 Å². The zero-order valence-electron chi connectivity index (χ0n) is 13.5. The summed E-state index contributed by atoms with van der Waals surface area (Å²) in [5, 5.41) is 23.0. The van der Waals surface area contributed by atoms with E-state index < -0.39 is 10.8 Å². The average molecular weight is 350 g/mol. The summed E-state index contributed by atoms with van der Waals surface area (Å²) < 4.78 is 5.62. The number of nitrogens with zero attached hydrogens (tertiary/aromatic N) is 1. The molecular formula is C19H14N2O5. The lowest BCUT2D eigenvalue weighted by Gasteiger charge is -2.09. The monoisotopic (exact) mass is 350 g/mol. The van der Waals surface area contributed by atoms with Crippen LogP contribution in [0.15, 0.2) is 72.8 Å². The SMILES string of the molecule is O=C(Nc1cc(Oc2ccccc2)cc([N+](=O)[O-])c1)c1ccc(O)cc1. The van der Waals surface area contributed by atoms with Crippen LogP contribution < -0.4 is 10.1 Å². The summed E-state index contributed by atoms with van der Waals surface area (Å²) in [5.74, 6) is 0.321. The number of nitro groups is 1. The Morgan fingerprint density at radius 2 is 1.65 bits per heavy atom. The molecule has 0 aliphatic carbocycles. The molecule has 0 heterocycles. The van der Waals surface area contributed by atoms with Crippen LogP contribution in [0.3, 0.4) is 0 Å². The van der Waals surface area contributed by atoms with Gasteiger partial charge in [0, 0.05) is 17.7 Å². The highest BCUT2D eigenvalue weighted by atomic mass is 16.6. The first kappa shape index (κ1) is 17.0. The molecule has 2 N–H and O–H groups in total. The molecule has 0 aliphatic rings. The van der Waals surface area contributed by atoms with E-state index in [1.807, 2.05) is 6.07 Å². The minimum Gasteiger partial charge on any atom is -0.508 e. The van der Waals surface area contributed by atoms with Crippen LogP contribution in [-0.2, 0) is 0 Å². The normalized spacial score (nSPS) is 10.2. The topological polar surface area (TPSA) is 102 Å². The number of phenols is 1. The zero-order chi connectivity index (χ0) is 18.5. The number of benzene rings is 3. The number of nitro benzene ring substituents is 1. The third-order valence-electron chi connectivity index (χ3n) is 3.47. The van der Waals surface area contributed by atoms with E-state index in [2.05, 4.69) is 5.32 Å². The zero-order valence-corrected chi connectivity index (χ0v) is 13.5. The van der Waals surface area contributed by atoms with Gasteiger partial charge in [-0.3, -0.25) is 14.9 Å². The number of hydrogen-bond acceptors (Lipinski definition) is 5. The van der Waals surface area contributed by atoms with E-state index in [1.54, 1.807) is 24.3 Å². The van der Waals surface area contributed by atoms with Crippen molar-refractivity contribution in [2.75, 3.05) is 5.32 Å². The molecule has 3 aromatic rings. The van der Waals surface area contributed by atoms with Gasteiger partial charge in [-0.25, -0.2) is 0 Å². The molecule has 0 fully saturated rings. The lowest BCUT2D eigenvalue weighted by Crippen LogP contribution is -2.11. The molecule has 0 saturated heterocycles. The first-order valence-corrected chi connectivity index (χ1v) is 7.64. The first-order valence-electron chi connectivity index (χ1n) is 7.64. The molecule has 0 spiro atoms. The van der Waals surface area contributed by atoms with Crippen molar-refractivity contribution in [3.63, 3.8) is 0 Å². The van der Waals surface area contributed by atoms with Gasteiger partial charge in [-0.15, -0.1) is 0 Å².